The molecule has 0 bridgehead atoms. The third-order valence-electron chi connectivity index (χ3n) is 3.14. The Labute approximate surface area is 104 Å². The van der Waals surface area contributed by atoms with Gasteiger partial charge in [-0.15, -0.1) is 0 Å². The van der Waals surface area contributed by atoms with Crippen LogP contribution in [0.3, 0.4) is 0 Å². The van der Waals surface area contributed by atoms with Crippen LogP contribution in [0.25, 0.3) is 0 Å². The van der Waals surface area contributed by atoms with Crippen LogP contribution >= 0.6 is 0 Å². The summed E-state index contributed by atoms with van der Waals surface area (Å²) in [4.78, 5) is 14.5. The number of amides is 1. The first kappa shape index (κ1) is 12.6. The van der Waals surface area contributed by atoms with Crippen LogP contribution in [0.5, 0.6) is 0 Å². The maximum atomic E-state index is 13.7. The van der Waals surface area contributed by atoms with Crippen molar-refractivity contribution in [2.45, 2.75) is 6.92 Å². The lowest BCUT2D eigenvalue weighted by Crippen LogP contribution is -2.48. The summed E-state index contributed by atoms with van der Waals surface area (Å²) in [6, 6.07) is 2.37. The van der Waals surface area contributed by atoms with Gasteiger partial charge in [0.1, 0.15) is 0 Å². The molecule has 2 rings (SSSR count). The van der Waals surface area contributed by atoms with E-state index < -0.39 is 11.6 Å². The molecule has 18 heavy (non-hydrogen) atoms. The molecule has 0 saturated carbocycles. The number of rotatable bonds is 1. The lowest BCUT2D eigenvalue weighted by Gasteiger charge is -2.36. The molecular weight excluding hydrogens is 240 g/mol. The highest BCUT2D eigenvalue weighted by Gasteiger charge is 2.23. The van der Waals surface area contributed by atoms with Gasteiger partial charge in [-0.05, 0) is 12.1 Å². The average Bonchev–Trinajstić information content (AvgIpc) is 2.35. The summed E-state index contributed by atoms with van der Waals surface area (Å²) in [6.45, 7) is 3.37. The SMILES string of the molecule is CC(=O)N1CCN(c2c(N)ccc(F)c2F)CC1. The summed E-state index contributed by atoms with van der Waals surface area (Å²) < 4.78 is 26.9. The number of hydrogen-bond donors (Lipinski definition) is 1. The van der Waals surface area contributed by atoms with Gasteiger partial charge in [0.05, 0.1) is 11.4 Å². The molecule has 1 fully saturated rings. The molecule has 0 aromatic heterocycles. The van der Waals surface area contributed by atoms with E-state index in [1.54, 1.807) is 9.80 Å². The van der Waals surface area contributed by atoms with E-state index in [9.17, 15) is 13.6 Å². The van der Waals surface area contributed by atoms with Crippen molar-refractivity contribution in [2.75, 3.05) is 36.8 Å². The van der Waals surface area contributed by atoms with E-state index in [-0.39, 0.29) is 17.3 Å². The lowest BCUT2D eigenvalue weighted by atomic mass is 10.2. The molecule has 1 heterocycles. The number of hydrogen-bond acceptors (Lipinski definition) is 3. The normalized spacial score (nSPS) is 15.9. The van der Waals surface area contributed by atoms with Crippen LogP contribution in [0.2, 0.25) is 0 Å². The minimum Gasteiger partial charge on any atom is -0.397 e. The van der Waals surface area contributed by atoms with Crippen molar-refractivity contribution in [2.24, 2.45) is 0 Å². The monoisotopic (exact) mass is 255 g/mol. The second-order valence-corrected chi connectivity index (χ2v) is 4.29. The smallest absolute Gasteiger partial charge is 0.219 e. The first-order chi connectivity index (χ1) is 8.50. The Kier molecular flexibility index (Phi) is 3.36. The largest absolute Gasteiger partial charge is 0.397 e. The molecule has 0 atom stereocenters. The van der Waals surface area contributed by atoms with Gasteiger partial charge in [0.2, 0.25) is 5.91 Å². The van der Waals surface area contributed by atoms with Gasteiger partial charge in [-0.25, -0.2) is 8.78 Å². The molecule has 0 radical (unpaired) electrons. The Bertz CT molecular complexity index is 471. The zero-order valence-corrected chi connectivity index (χ0v) is 10.1. The Balaban J connectivity index is 2.20. The summed E-state index contributed by atoms with van der Waals surface area (Å²) >= 11 is 0. The number of carbonyl (C=O) groups is 1. The van der Waals surface area contributed by atoms with Gasteiger partial charge in [-0.2, -0.15) is 0 Å². The Morgan fingerprint density at radius 3 is 2.39 bits per heavy atom. The van der Waals surface area contributed by atoms with Crippen molar-refractivity contribution >= 4 is 17.3 Å². The van der Waals surface area contributed by atoms with E-state index in [4.69, 9.17) is 5.73 Å². The van der Waals surface area contributed by atoms with Crippen LogP contribution in [0, 0.1) is 11.6 Å². The van der Waals surface area contributed by atoms with Crippen LogP contribution in [0.15, 0.2) is 12.1 Å². The molecule has 4 nitrogen and oxygen atoms in total. The first-order valence-corrected chi connectivity index (χ1v) is 5.74. The summed E-state index contributed by atoms with van der Waals surface area (Å²) in [5, 5.41) is 0. The summed E-state index contributed by atoms with van der Waals surface area (Å²) in [6.07, 6.45) is 0. The molecule has 1 amide bonds. The summed E-state index contributed by atoms with van der Waals surface area (Å²) in [5.41, 5.74) is 6.00. The van der Waals surface area contributed by atoms with E-state index in [0.29, 0.717) is 26.2 Å². The van der Waals surface area contributed by atoms with E-state index in [1.165, 1.54) is 13.0 Å². The predicted octanol–water partition coefficient (Wildman–Crippen LogP) is 1.22. The number of carbonyl (C=O) groups excluding carboxylic acids is 1. The second-order valence-electron chi connectivity index (χ2n) is 4.29. The topological polar surface area (TPSA) is 49.6 Å². The first-order valence-electron chi connectivity index (χ1n) is 5.74. The van der Waals surface area contributed by atoms with Crippen LogP contribution in [0.1, 0.15) is 6.92 Å². The number of halogens is 2. The quantitative estimate of drug-likeness (QED) is 0.767. The maximum Gasteiger partial charge on any atom is 0.219 e. The molecule has 0 unspecified atom stereocenters. The van der Waals surface area contributed by atoms with Crippen LogP contribution in [-0.2, 0) is 4.79 Å². The van der Waals surface area contributed by atoms with E-state index in [0.717, 1.165) is 6.07 Å². The van der Waals surface area contributed by atoms with E-state index in [2.05, 4.69) is 0 Å². The van der Waals surface area contributed by atoms with Crippen molar-refractivity contribution in [1.29, 1.82) is 0 Å². The molecule has 1 aliphatic rings. The molecule has 1 saturated heterocycles. The molecule has 0 aliphatic carbocycles. The van der Waals surface area contributed by atoms with Crippen LogP contribution < -0.4 is 10.6 Å². The van der Waals surface area contributed by atoms with Gasteiger partial charge < -0.3 is 15.5 Å². The number of piperazine rings is 1. The fraction of sp³-hybridized carbons (Fsp3) is 0.417. The molecule has 1 aliphatic heterocycles. The third kappa shape index (κ3) is 2.23. The molecule has 6 heteroatoms. The molecule has 1 aromatic carbocycles. The van der Waals surface area contributed by atoms with E-state index >= 15 is 0 Å². The summed E-state index contributed by atoms with van der Waals surface area (Å²) in [5.74, 6) is -1.85. The van der Waals surface area contributed by atoms with Crippen molar-refractivity contribution in [1.82, 2.24) is 4.90 Å². The fourth-order valence-corrected chi connectivity index (χ4v) is 2.12. The van der Waals surface area contributed by atoms with Crippen LogP contribution in [-0.4, -0.2) is 37.0 Å². The van der Waals surface area contributed by atoms with Gasteiger partial charge >= 0.3 is 0 Å². The Morgan fingerprint density at radius 1 is 1.22 bits per heavy atom. The van der Waals surface area contributed by atoms with Gasteiger partial charge in [0.25, 0.3) is 0 Å². The van der Waals surface area contributed by atoms with Crippen molar-refractivity contribution in [3.05, 3.63) is 23.8 Å². The minimum atomic E-state index is -0.925. The Hall–Kier alpha value is -1.85. The maximum absolute atomic E-state index is 13.7. The molecule has 0 spiro atoms. The van der Waals surface area contributed by atoms with Crippen molar-refractivity contribution in [3.63, 3.8) is 0 Å². The van der Waals surface area contributed by atoms with Gasteiger partial charge in [0, 0.05) is 33.1 Å². The van der Waals surface area contributed by atoms with E-state index in [1.807, 2.05) is 0 Å². The third-order valence-corrected chi connectivity index (χ3v) is 3.14. The zero-order valence-electron chi connectivity index (χ0n) is 10.1. The number of nitrogens with two attached hydrogens (primary N) is 1. The Morgan fingerprint density at radius 2 is 1.83 bits per heavy atom. The fourth-order valence-electron chi connectivity index (χ4n) is 2.12. The number of nitrogens with zero attached hydrogens (tertiary/aromatic N) is 2. The highest BCUT2D eigenvalue weighted by Crippen LogP contribution is 2.29. The molecular formula is C12H15F2N3O. The average molecular weight is 255 g/mol. The zero-order chi connectivity index (χ0) is 13.3. The molecule has 2 N–H and O–H groups in total. The number of anilines is 2. The lowest BCUT2D eigenvalue weighted by molar-refractivity contribution is -0.129. The minimum absolute atomic E-state index is 0.0117. The van der Waals surface area contributed by atoms with Gasteiger partial charge in [-0.1, -0.05) is 0 Å². The van der Waals surface area contributed by atoms with Gasteiger partial charge in [-0.3, -0.25) is 4.79 Å². The highest BCUT2D eigenvalue weighted by molar-refractivity contribution is 5.74. The number of benzene rings is 1. The summed E-state index contributed by atoms with van der Waals surface area (Å²) in [7, 11) is 0. The standard InChI is InChI=1S/C12H15F2N3O/c1-8(18)16-4-6-17(7-5-16)12-10(15)3-2-9(13)11(12)14/h2-3H,4-7,15H2,1H3. The molecule has 98 valence electrons. The predicted molar refractivity (Wildman–Crippen MR) is 65.2 cm³/mol. The number of nitrogen functional groups attached to an aromatic ring is 1. The van der Waals surface area contributed by atoms with Gasteiger partial charge in [0.15, 0.2) is 11.6 Å². The van der Waals surface area contributed by atoms with Crippen molar-refractivity contribution < 1.29 is 13.6 Å². The molecule has 1 aromatic rings. The highest BCUT2D eigenvalue weighted by atomic mass is 19.2. The van der Waals surface area contributed by atoms with Crippen LogP contribution in [0.4, 0.5) is 20.2 Å². The van der Waals surface area contributed by atoms with Crippen molar-refractivity contribution in [3.8, 4) is 0 Å². The second kappa shape index (κ2) is 4.80.